The first-order valence-electron chi connectivity index (χ1n) is 9.34. The number of ether oxygens (including phenoxy) is 1. The van der Waals surface area contributed by atoms with Crippen molar-refractivity contribution >= 4 is 46.0 Å². The van der Waals surface area contributed by atoms with E-state index in [1.165, 1.54) is 18.3 Å². The Morgan fingerprint density at radius 2 is 1.87 bits per heavy atom. The van der Waals surface area contributed by atoms with Crippen molar-refractivity contribution in [2.75, 3.05) is 4.90 Å². The highest BCUT2D eigenvalue weighted by Gasteiger charge is 2.25. The number of aliphatic imine (C=N–C) groups is 1. The molecule has 0 aliphatic carbocycles. The Balaban J connectivity index is 1.64. The molecule has 0 atom stereocenters. The second kappa shape index (κ2) is 8.04. The summed E-state index contributed by atoms with van der Waals surface area (Å²) in [6.45, 7) is 5.53. The first-order valence-corrected chi connectivity index (χ1v) is 10.2. The number of thiazole rings is 1. The van der Waals surface area contributed by atoms with Gasteiger partial charge in [0.2, 0.25) is 11.8 Å². The predicted molar refractivity (Wildman–Crippen MR) is 118 cm³/mol. The molecule has 0 saturated carbocycles. The van der Waals surface area contributed by atoms with Crippen molar-refractivity contribution in [3.8, 4) is 0 Å². The minimum Gasteiger partial charge on any atom is -0.402 e. The molecule has 6 nitrogen and oxygen atoms in total. The third kappa shape index (κ3) is 3.92. The minimum absolute atomic E-state index is 0.142. The van der Waals surface area contributed by atoms with E-state index < -0.39 is 5.97 Å². The van der Waals surface area contributed by atoms with E-state index in [1.54, 1.807) is 16.4 Å². The molecular formula is C23H19N3O3S. The largest absolute Gasteiger partial charge is 0.402 e. The Morgan fingerprint density at radius 1 is 1.10 bits per heavy atom. The molecule has 0 spiro atoms. The topological polar surface area (TPSA) is 71.9 Å². The van der Waals surface area contributed by atoms with Crippen LogP contribution in [-0.4, -0.2) is 22.8 Å². The SMILES string of the molecule is CC(=O)N(c1ccc(C)c(C)c1)c1nc(/C=C2\N=C(c3ccccc3)OC2=O)cs1. The normalized spacial score (nSPS) is 14.6. The molecule has 1 aliphatic heterocycles. The molecule has 30 heavy (non-hydrogen) atoms. The lowest BCUT2D eigenvalue weighted by Crippen LogP contribution is -2.22. The zero-order valence-corrected chi connectivity index (χ0v) is 17.6. The Kier molecular flexibility index (Phi) is 5.29. The second-order valence-electron chi connectivity index (χ2n) is 6.88. The number of aromatic nitrogens is 1. The van der Waals surface area contributed by atoms with Crippen molar-refractivity contribution in [2.24, 2.45) is 4.99 Å². The molecule has 0 bridgehead atoms. The summed E-state index contributed by atoms with van der Waals surface area (Å²) >= 11 is 1.32. The minimum atomic E-state index is -0.527. The van der Waals surface area contributed by atoms with Crippen LogP contribution in [0.15, 0.2) is 64.6 Å². The lowest BCUT2D eigenvalue weighted by Gasteiger charge is -2.19. The fourth-order valence-electron chi connectivity index (χ4n) is 2.99. The number of benzene rings is 2. The summed E-state index contributed by atoms with van der Waals surface area (Å²) in [5, 5.41) is 2.30. The predicted octanol–water partition coefficient (Wildman–Crippen LogP) is 4.79. The van der Waals surface area contributed by atoms with Gasteiger partial charge in [-0.2, -0.15) is 0 Å². The van der Waals surface area contributed by atoms with Gasteiger partial charge in [0.25, 0.3) is 0 Å². The Labute approximate surface area is 178 Å². The lowest BCUT2D eigenvalue weighted by molar-refractivity contribution is -0.130. The van der Waals surface area contributed by atoms with Gasteiger partial charge in [-0.05, 0) is 55.3 Å². The molecule has 0 unspecified atom stereocenters. The van der Waals surface area contributed by atoms with E-state index in [0.29, 0.717) is 10.8 Å². The van der Waals surface area contributed by atoms with Gasteiger partial charge in [0.1, 0.15) is 0 Å². The van der Waals surface area contributed by atoms with Gasteiger partial charge in [0.05, 0.1) is 11.4 Å². The van der Waals surface area contributed by atoms with Gasteiger partial charge < -0.3 is 4.74 Å². The van der Waals surface area contributed by atoms with E-state index in [9.17, 15) is 9.59 Å². The van der Waals surface area contributed by atoms with E-state index >= 15 is 0 Å². The number of aryl methyl sites for hydroxylation is 2. The number of rotatable bonds is 4. The molecule has 1 aromatic heterocycles. The Bertz CT molecular complexity index is 1200. The number of carbonyl (C=O) groups excluding carboxylic acids is 2. The second-order valence-corrected chi connectivity index (χ2v) is 7.72. The molecule has 0 saturated heterocycles. The molecule has 0 radical (unpaired) electrons. The molecule has 3 aromatic rings. The van der Waals surface area contributed by atoms with Crippen LogP contribution in [0, 0.1) is 13.8 Å². The summed E-state index contributed by atoms with van der Waals surface area (Å²) in [7, 11) is 0. The van der Waals surface area contributed by atoms with Crippen LogP contribution in [0.25, 0.3) is 6.08 Å². The van der Waals surface area contributed by atoms with Crippen LogP contribution in [0.1, 0.15) is 29.3 Å². The van der Waals surface area contributed by atoms with Crippen LogP contribution in [0.2, 0.25) is 0 Å². The van der Waals surface area contributed by atoms with E-state index in [0.717, 1.165) is 22.4 Å². The van der Waals surface area contributed by atoms with Gasteiger partial charge in [0.15, 0.2) is 10.8 Å². The monoisotopic (exact) mass is 417 g/mol. The maximum atomic E-state index is 12.3. The van der Waals surface area contributed by atoms with Gasteiger partial charge in [0, 0.05) is 17.9 Å². The molecule has 7 heteroatoms. The standard InChI is InChI=1S/C23H19N3O3S/c1-14-9-10-19(11-15(14)2)26(16(3)27)23-24-18(13-30-23)12-20-22(28)29-21(25-20)17-7-5-4-6-8-17/h4-13H,1-3H3/b20-12-. The van der Waals surface area contributed by atoms with Gasteiger partial charge in [-0.1, -0.05) is 24.3 Å². The highest BCUT2D eigenvalue weighted by molar-refractivity contribution is 7.14. The smallest absolute Gasteiger partial charge is 0.363 e. The summed E-state index contributed by atoms with van der Waals surface area (Å²) in [5.41, 5.74) is 4.43. The van der Waals surface area contributed by atoms with Crippen LogP contribution in [0.4, 0.5) is 10.8 Å². The highest BCUT2D eigenvalue weighted by atomic mass is 32.1. The van der Waals surface area contributed by atoms with Crippen molar-refractivity contribution in [1.29, 1.82) is 0 Å². The maximum absolute atomic E-state index is 12.3. The summed E-state index contributed by atoms with van der Waals surface area (Å²) in [6, 6.07) is 15.1. The average Bonchev–Trinajstić information content (AvgIpc) is 3.32. The van der Waals surface area contributed by atoms with Crippen molar-refractivity contribution in [1.82, 2.24) is 4.98 Å². The summed E-state index contributed by atoms with van der Waals surface area (Å²) in [5.74, 6) is -0.403. The average molecular weight is 417 g/mol. The van der Waals surface area contributed by atoms with E-state index in [4.69, 9.17) is 4.74 Å². The van der Waals surface area contributed by atoms with Crippen LogP contribution in [0.3, 0.4) is 0 Å². The molecule has 4 rings (SSSR count). The zero-order chi connectivity index (χ0) is 21.3. The third-order valence-corrected chi connectivity index (χ3v) is 5.53. The van der Waals surface area contributed by atoms with E-state index in [2.05, 4.69) is 9.98 Å². The molecule has 2 aromatic carbocycles. The van der Waals surface area contributed by atoms with Crippen molar-refractivity contribution in [3.05, 3.63) is 82.0 Å². The summed E-state index contributed by atoms with van der Waals surface area (Å²) in [6.07, 6.45) is 1.57. The van der Waals surface area contributed by atoms with Gasteiger partial charge in [-0.15, -0.1) is 11.3 Å². The van der Waals surface area contributed by atoms with E-state index in [1.807, 2.05) is 62.4 Å². The molecular weight excluding hydrogens is 398 g/mol. The number of esters is 1. The highest BCUT2D eigenvalue weighted by Crippen LogP contribution is 2.31. The number of cyclic esters (lactones) is 1. The molecule has 0 N–H and O–H groups in total. The lowest BCUT2D eigenvalue weighted by atomic mass is 10.1. The summed E-state index contributed by atoms with van der Waals surface area (Å²) in [4.78, 5) is 34.9. The number of amides is 1. The number of anilines is 2. The van der Waals surface area contributed by atoms with Gasteiger partial charge in [-0.3, -0.25) is 9.69 Å². The molecule has 0 fully saturated rings. The van der Waals surface area contributed by atoms with Crippen LogP contribution in [0.5, 0.6) is 0 Å². The maximum Gasteiger partial charge on any atom is 0.363 e. The number of carbonyl (C=O) groups is 2. The fourth-order valence-corrected chi connectivity index (χ4v) is 3.83. The summed E-state index contributed by atoms with van der Waals surface area (Å²) < 4.78 is 5.27. The van der Waals surface area contributed by atoms with Gasteiger partial charge in [-0.25, -0.2) is 14.8 Å². The first-order chi connectivity index (χ1) is 14.4. The van der Waals surface area contributed by atoms with Crippen LogP contribution < -0.4 is 4.90 Å². The molecule has 150 valence electrons. The number of hydrogen-bond donors (Lipinski definition) is 0. The quantitative estimate of drug-likeness (QED) is 0.452. The Morgan fingerprint density at radius 3 is 2.57 bits per heavy atom. The molecule has 1 aliphatic rings. The third-order valence-electron chi connectivity index (χ3n) is 4.69. The van der Waals surface area contributed by atoms with Gasteiger partial charge >= 0.3 is 5.97 Å². The van der Waals surface area contributed by atoms with Crippen LogP contribution in [-0.2, 0) is 14.3 Å². The number of hydrogen-bond acceptors (Lipinski definition) is 6. The van der Waals surface area contributed by atoms with Crippen molar-refractivity contribution in [3.63, 3.8) is 0 Å². The zero-order valence-electron chi connectivity index (χ0n) is 16.7. The fraction of sp³-hybridized carbons (Fsp3) is 0.130. The first kappa shape index (κ1) is 19.7. The van der Waals surface area contributed by atoms with Crippen molar-refractivity contribution < 1.29 is 14.3 Å². The Hall–Kier alpha value is -3.58. The molecule has 2 heterocycles. The number of nitrogens with zero attached hydrogens (tertiary/aromatic N) is 3. The van der Waals surface area contributed by atoms with E-state index in [-0.39, 0.29) is 17.5 Å². The molecule has 1 amide bonds. The van der Waals surface area contributed by atoms with Crippen molar-refractivity contribution in [2.45, 2.75) is 20.8 Å². The van der Waals surface area contributed by atoms with Crippen LogP contribution >= 0.6 is 11.3 Å².